The Morgan fingerprint density at radius 3 is 3.00 bits per heavy atom. The number of hydrogen-bond donors (Lipinski definition) is 0. The summed E-state index contributed by atoms with van der Waals surface area (Å²) in [5.41, 5.74) is 0. The van der Waals surface area contributed by atoms with Gasteiger partial charge in [0, 0.05) is 25.6 Å². The second-order valence-electron chi connectivity index (χ2n) is 3.99. The molecule has 1 heterocycles. The number of piperidine rings is 1. The lowest BCUT2D eigenvalue weighted by molar-refractivity contribution is 0.136. The van der Waals surface area contributed by atoms with Crippen molar-refractivity contribution in [2.24, 2.45) is 0 Å². The molecule has 0 N–H and O–H groups in total. The van der Waals surface area contributed by atoms with Gasteiger partial charge in [0.15, 0.2) is 0 Å². The number of nitrogens with zero attached hydrogens (tertiary/aromatic N) is 2. The van der Waals surface area contributed by atoms with Crippen LogP contribution in [0.3, 0.4) is 0 Å². The lowest BCUT2D eigenvalue weighted by Crippen LogP contribution is -2.45. The van der Waals surface area contributed by atoms with Crippen LogP contribution in [0.25, 0.3) is 0 Å². The van der Waals surface area contributed by atoms with Crippen molar-refractivity contribution in [3.63, 3.8) is 0 Å². The largest absolute Gasteiger partial charge is 0.305 e. The van der Waals surface area contributed by atoms with Gasteiger partial charge in [0.1, 0.15) is 0 Å². The van der Waals surface area contributed by atoms with E-state index in [1.165, 1.54) is 25.9 Å². The molecular weight excluding hydrogens is 160 g/mol. The van der Waals surface area contributed by atoms with E-state index in [0.29, 0.717) is 6.04 Å². The van der Waals surface area contributed by atoms with Crippen molar-refractivity contribution >= 4 is 0 Å². The van der Waals surface area contributed by atoms with Gasteiger partial charge in [0.25, 0.3) is 0 Å². The third-order valence-corrected chi connectivity index (χ3v) is 2.83. The minimum Gasteiger partial charge on any atom is -0.305 e. The molecule has 1 aliphatic heterocycles. The maximum atomic E-state index is 5.25. The fourth-order valence-electron chi connectivity index (χ4n) is 1.92. The molecule has 1 fully saturated rings. The lowest BCUT2D eigenvalue weighted by atomic mass is 10.1. The van der Waals surface area contributed by atoms with Crippen LogP contribution < -0.4 is 0 Å². The maximum absolute atomic E-state index is 5.25. The first kappa shape index (κ1) is 10.6. The monoisotopic (exact) mass is 180 g/mol. The first-order valence-electron chi connectivity index (χ1n) is 5.06. The lowest BCUT2D eigenvalue weighted by Gasteiger charge is -2.35. The summed E-state index contributed by atoms with van der Waals surface area (Å²) in [7, 11) is 4.38. The Hall–Kier alpha value is -0.520. The number of likely N-dealkylation sites (N-methyl/N-ethyl adjacent to an activating group) is 2. The standard InChI is InChI=1S/C11H20N2/c1-4-5-9-13(3)11-7-6-8-12(2)10-11/h1,11H,5-10H2,2-3H3. The molecule has 0 aromatic heterocycles. The Labute approximate surface area is 81.9 Å². The average Bonchev–Trinajstić information content (AvgIpc) is 2.14. The van der Waals surface area contributed by atoms with Crippen LogP contribution in [0.4, 0.5) is 0 Å². The molecule has 1 rings (SSSR count). The van der Waals surface area contributed by atoms with Crippen LogP contribution in [-0.4, -0.2) is 49.6 Å². The smallest absolute Gasteiger partial charge is 0.0220 e. The summed E-state index contributed by atoms with van der Waals surface area (Å²) in [5.74, 6) is 2.69. The highest BCUT2D eigenvalue weighted by Gasteiger charge is 2.20. The molecule has 0 aromatic rings. The van der Waals surface area contributed by atoms with Crippen molar-refractivity contribution < 1.29 is 0 Å². The Bertz CT molecular complexity index is 183. The van der Waals surface area contributed by atoms with Gasteiger partial charge in [-0.25, -0.2) is 0 Å². The molecule has 0 saturated carbocycles. The van der Waals surface area contributed by atoms with Crippen molar-refractivity contribution in [2.75, 3.05) is 33.7 Å². The summed E-state index contributed by atoms with van der Waals surface area (Å²) < 4.78 is 0. The van der Waals surface area contributed by atoms with Gasteiger partial charge in [0.2, 0.25) is 0 Å². The zero-order chi connectivity index (χ0) is 9.68. The molecule has 1 unspecified atom stereocenters. The summed E-state index contributed by atoms with van der Waals surface area (Å²) in [6.45, 7) is 3.48. The molecule has 0 spiro atoms. The number of rotatable bonds is 3. The Morgan fingerprint density at radius 2 is 2.38 bits per heavy atom. The highest BCUT2D eigenvalue weighted by Crippen LogP contribution is 2.13. The van der Waals surface area contributed by atoms with Crippen LogP contribution in [-0.2, 0) is 0 Å². The van der Waals surface area contributed by atoms with E-state index in [2.05, 4.69) is 29.8 Å². The van der Waals surface area contributed by atoms with E-state index < -0.39 is 0 Å². The molecule has 1 aliphatic rings. The summed E-state index contributed by atoms with van der Waals surface area (Å²) in [6, 6.07) is 0.715. The van der Waals surface area contributed by atoms with Crippen molar-refractivity contribution in [1.82, 2.24) is 9.80 Å². The molecule has 0 radical (unpaired) electrons. The molecule has 74 valence electrons. The van der Waals surface area contributed by atoms with Crippen molar-refractivity contribution in [1.29, 1.82) is 0 Å². The molecule has 0 amide bonds. The van der Waals surface area contributed by atoms with Gasteiger partial charge in [-0.1, -0.05) is 0 Å². The SMILES string of the molecule is C#CCCN(C)C1CCCN(C)C1. The topological polar surface area (TPSA) is 6.48 Å². The van der Waals surface area contributed by atoms with Gasteiger partial charge >= 0.3 is 0 Å². The quantitative estimate of drug-likeness (QED) is 0.599. The third-order valence-electron chi connectivity index (χ3n) is 2.83. The van der Waals surface area contributed by atoms with Crippen LogP contribution in [0.5, 0.6) is 0 Å². The van der Waals surface area contributed by atoms with Crippen molar-refractivity contribution in [3.8, 4) is 12.3 Å². The maximum Gasteiger partial charge on any atom is 0.0220 e. The fraction of sp³-hybridized carbons (Fsp3) is 0.818. The molecule has 13 heavy (non-hydrogen) atoms. The average molecular weight is 180 g/mol. The van der Waals surface area contributed by atoms with E-state index in [1.807, 2.05) is 0 Å². The van der Waals surface area contributed by atoms with E-state index in [9.17, 15) is 0 Å². The van der Waals surface area contributed by atoms with E-state index in [-0.39, 0.29) is 0 Å². The first-order valence-corrected chi connectivity index (χ1v) is 5.06. The van der Waals surface area contributed by atoms with Crippen LogP contribution in [0, 0.1) is 12.3 Å². The molecule has 1 atom stereocenters. The summed E-state index contributed by atoms with van der Waals surface area (Å²) in [5, 5.41) is 0. The minimum atomic E-state index is 0.715. The molecule has 2 nitrogen and oxygen atoms in total. The Morgan fingerprint density at radius 1 is 1.62 bits per heavy atom. The number of hydrogen-bond acceptors (Lipinski definition) is 2. The predicted octanol–water partition coefficient (Wildman–Crippen LogP) is 1.04. The van der Waals surface area contributed by atoms with Crippen molar-refractivity contribution in [3.05, 3.63) is 0 Å². The molecule has 2 heteroatoms. The highest BCUT2D eigenvalue weighted by atomic mass is 15.2. The van der Waals surface area contributed by atoms with Gasteiger partial charge in [0.05, 0.1) is 0 Å². The molecule has 0 bridgehead atoms. The van der Waals surface area contributed by atoms with Gasteiger partial charge in [-0.2, -0.15) is 0 Å². The molecule has 0 aromatic carbocycles. The highest BCUT2D eigenvalue weighted by molar-refractivity contribution is 4.86. The third kappa shape index (κ3) is 3.38. The van der Waals surface area contributed by atoms with E-state index in [1.54, 1.807) is 0 Å². The van der Waals surface area contributed by atoms with Gasteiger partial charge < -0.3 is 9.80 Å². The minimum absolute atomic E-state index is 0.715. The van der Waals surface area contributed by atoms with Crippen LogP contribution in [0.2, 0.25) is 0 Å². The van der Waals surface area contributed by atoms with Gasteiger partial charge in [-0.3, -0.25) is 0 Å². The molecular formula is C11H20N2. The first-order chi connectivity index (χ1) is 6.24. The van der Waals surface area contributed by atoms with E-state index in [0.717, 1.165) is 13.0 Å². The number of terminal acetylenes is 1. The summed E-state index contributed by atoms with van der Waals surface area (Å²) in [4.78, 5) is 4.80. The second-order valence-corrected chi connectivity index (χ2v) is 3.99. The normalized spacial score (nSPS) is 24.6. The second kappa shape index (κ2) is 5.26. The van der Waals surface area contributed by atoms with Crippen LogP contribution in [0.15, 0.2) is 0 Å². The molecule has 1 saturated heterocycles. The zero-order valence-corrected chi connectivity index (χ0v) is 8.79. The van der Waals surface area contributed by atoms with E-state index >= 15 is 0 Å². The molecule has 0 aliphatic carbocycles. The van der Waals surface area contributed by atoms with Gasteiger partial charge in [-0.05, 0) is 33.5 Å². The predicted molar refractivity (Wildman–Crippen MR) is 56.6 cm³/mol. The van der Waals surface area contributed by atoms with E-state index in [4.69, 9.17) is 6.42 Å². The zero-order valence-electron chi connectivity index (χ0n) is 8.79. The fourth-order valence-corrected chi connectivity index (χ4v) is 1.92. The summed E-state index contributed by atoms with van der Waals surface area (Å²) in [6.07, 6.45) is 8.76. The van der Waals surface area contributed by atoms with Crippen molar-refractivity contribution in [2.45, 2.75) is 25.3 Å². The Kier molecular flexibility index (Phi) is 4.27. The van der Waals surface area contributed by atoms with Crippen LogP contribution in [0.1, 0.15) is 19.3 Å². The van der Waals surface area contributed by atoms with Crippen LogP contribution >= 0.6 is 0 Å². The number of likely N-dealkylation sites (tertiary alicyclic amines) is 1. The summed E-state index contributed by atoms with van der Waals surface area (Å²) >= 11 is 0. The Balaban J connectivity index is 2.29. The van der Waals surface area contributed by atoms with Gasteiger partial charge in [-0.15, -0.1) is 12.3 Å².